The van der Waals surface area contributed by atoms with E-state index in [0.717, 1.165) is 11.4 Å². The van der Waals surface area contributed by atoms with E-state index in [1.54, 1.807) is 11.9 Å². The van der Waals surface area contributed by atoms with E-state index in [1.807, 2.05) is 49.4 Å². The van der Waals surface area contributed by atoms with Crippen molar-refractivity contribution in [2.45, 2.75) is 39.2 Å². The molecule has 0 aliphatic carbocycles. The maximum Gasteiger partial charge on any atom is 0.248 e. The number of nitrogens with zero attached hydrogens (tertiary/aromatic N) is 1. The Bertz CT molecular complexity index is 642. The van der Waals surface area contributed by atoms with E-state index in [-0.39, 0.29) is 17.4 Å². The van der Waals surface area contributed by atoms with Gasteiger partial charge in [-0.15, -0.1) is 0 Å². The molecule has 2 aromatic carbocycles. The zero-order chi connectivity index (χ0) is 17.0. The molecule has 1 atom stereocenters. The fraction of sp³-hybridized carbons (Fsp3) is 0.350. The molecule has 0 aliphatic heterocycles. The van der Waals surface area contributed by atoms with Crippen molar-refractivity contribution >= 4 is 17.3 Å². The van der Waals surface area contributed by atoms with Gasteiger partial charge in [0.1, 0.15) is 6.04 Å². The lowest BCUT2D eigenvalue weighted by molar-refractivity contribution is -0.118. The Kier molecular flexibility index (Phi) is 5.09. The number of para-hydroxylation sites is 1. The highest BCUT2D eigenvalue weighted by molar-refractivity contribution is 5.98. The van der Waals surface area contributed by atoms with Crippen LogP contribution >= 0.6 is 0 Å². The van der Waals surface area contributed by atoms with Crippen LogP contribution in [0.25, 0.3) is 0 Å². The van der Waals surface area contributed by atoms with Crippen molar-refractivity contribution < 1.29 is 4.79 Å². The zero-order valence-corrected chi connectivity index (χ0v) is 14.6. The Morgan fingerprint density at radius 2 is 1.57 bits per heavy atom. The first-order chi connectivity index (χ1) is 10.8. The lowest BCUT2D eigenvalue weighted by Crippen LogP contribution is -2.39. The second kappa shape index (κ2) is 6.86. The van der Waals surface area contributed by atoms with Gasteiger partial charge in [-0.3, -0.25) is 4.79 Å². The van der Waals surface area contributed by atoms with Gasteiger partial charge in [-0.2, -0.15) is 0 Å². The molecule has 0 aromatic heterocycles. The molecule has 1 amide bonds. The molecule has 2 aromatic rings. The lowest BCUT2D eigenvalue weighted by Gasteiger charge is -2.23. The normalized spacial score (nSPS) is 12.6. The number of rotatable bonds is 4. The first kappa shape index (κ1) is 17.1. The van der Waals surface area contributed by atoms with Crippen LogP contribution in [0.2, 0.25) is 0 Å². The molecule has 0 bridgehead atoms. The van der Waals surface area contributed by atoms with Crippen LogP contribution in [0, 0.1) is 0 Å². The number of likely N-dealkylation sites (N-methyl/N-ethyl adjacent to an activating group) is 1. The summed E-state index contributed by atoms with van der Waals surface area (Å²) in [6, 6.07) is 17.7. The maximum absolute atomic E-state index is 12.5. The van der Waals surface area contributed by atoms with Crippen LogP contribution < -0.4 is 10.2 Å². The van der Waals surface area contributed by atoms with Gasteiger partial charge in [-0.05, 0) is 42.2 Å². The third-order valence-corrected chi connectivity index (χ3v) is 3.98. The first-order valence-corrected chi connectivity index (χ1v) is 7.99. The molecule has 1 unspecified atom stereocenters. The average molecular weight is 310 g/mol. The molecule has 3 heteroatoms. The molecule has 0 spiro atoms. The monoisotopic (exact) mass is 310 g/mol. The fourth-order valence-corrected chi connectivity index (χ4v) is 2.45. The fourth-order valence-electron chi connectivity index (χ4n) is 2.45. The van der Waals surface area contributed by atoms with Gasteiger partial charge in [0.25, 0.3) is 0 Å². The van der Waals surface area contributed by atoms with Crippen molar-refractivity contribution in [2.24, 2.45) is 0 Å². The van der Waals surface area contributed by atoms with Gasteiger partial charge in [0.15, 0.2) is 0 Å². The summed E-state index contributed by atoms with van der Waals surface area (Å²) in [4.78, 5) is 14.2. The molecule has 0 fully saturated rings. The van der Waals surface area contributed by atoms with E-state index in [9.17, 15) is 4.79 Å². The topological polar surface area (TPSA) is 32.3 Å². The Balaban J connectivity index is 2.04. The molecule has 0 saturated carbocycles. The summed E-state index contributed by atoms with van der Waals surface area (Å²) in [5.74, 6) is 0.0381. The van der Waals surface area contributed by atoms with Crippen LogP contribution in [-0.4, -0.2) is 19.0 Å². The standard InChI is InChI=1S/C20H26N2O/c1-15(19(23)22(5)18-9-7-6-8-10-18)21-17-13-11-16(12-14-17)20(2,3)4/h6-15,21H,1-5H3. The lowest BCUT2D eigenvalue weighted by atomic mass is 9.87. The molecule has 0 aliphatic rings. The van der Waals surface area contributed by atoms with E-state index in [1.165, 1.54) is 5.56 Å². The van der Waals surface area contributed by atoms with Crippen molar-refractivity contribution in [3.63, 3.8) is 0 Å². The third-order valence-electron chi connectivity index (χ3n) is 3.98. The molecule has 1 N–H and O–H groups in total. The predicted octanol–water partition coefficient (Wildman–Crippen LogP) is 4.45. The summed E-state index contributed by atoms with van der Waals surface area (Å²) in [6.45, 7) is 8.46. The summed E-state index contributed by atoms with van der Waals surface area (Å²) in [5, 5.41) is 3.28. The minimum Gasteiger partial charge on any atom is -0.374 e. The van der Waals surface area contributed by atoms with Gasteiger partial charge in [0.05, 0.1) is 0 Å². The van der Waals surface area contributed by atoms with E-state index < -0.39 is 0 Å². The van der Waals surface area contributed by atoms with Crippen LogP contribution in [0.5, 0.6) is 0 Å². The molecule has 2 rings (SSSR count). The van der Waals surface area contributed by atoms with E-state index in [0.29, 0.717) is 0 Å². The summed E-state index contributed by atoms with van der Waals surface area (Å²) >= 11 is 0. The number of anilines is 2. The maximum atomic E-state index is 12.5. The Morgan fingerprint density at radius 1 is 1.00 bits per heavy atom. The minimum absolute atomic E-state index is 0.0381. The largest absolute Gasteiger partial charge is 0.374 e. The van der Waals surface area contributed by atoms with Gasteiger partial charge < -0.3 is 10.2 Å². The summed E-state index contributed by atoms with van der Waals surface area (Å²) in [7, 11) is 1.80. The molecule has 0 saturated heterocycles. The van der Waals surface area contributed by atoms with Crippen molar-refractivity contribution in [1.82, 2.24) is 0 Å². The molecule has 122 valence electrons. The Hall–Kier alpha value is -2.29. The first-order valence-electron chi connectivity index (χ1n) is 7.99. The Morgan fingerprint density at radius 3 is 2.09 bits per heavy atom. The number of benzene rings is 2. The molecular weight excluding hydrogens is 284 g/mol. The molecule has 23 heavy (non-hydrogen) atoms. The quantitative estimate of drug-likeness (QED) is 0.905. The SMILES string of the molecule is CC(Nc1ccc(C(C)(C)C)cc1)C(=O)N(C)c1ccccc1. The molecule has 3 nitrogen and oxygen atoms in total. The van der Waals surface area contributed by atoms with Crippen molar-refractivity contribution in [1.29, 1.82) is 0 Å². The highest BCUT2D eigenvalue weighted by atomic mass is 16.2. The summed E-state index contributed by atoms with van der Waals surface area (Å²) in [5.41, 5.74) is 3.27. The van der Waals surface area contributed by atoms with Crippen LogP contribution in [0.15, 0.2) is 54.6 Å². The molecule has 0 heterocycles. The second-order valence-corrected chi connectivity index (χ2v) is 6.93. The van der Waals surface area contributed by atoms with Gasteiger partial charge in [-0.1, -0.05) is 51.1 Å². The molecule has 0 radical (unpaired) electrons. The van der Waals surface area contributed by atoms with Gasteiger partial charge in [-0.25, -0.2) is 0 Å². The summed E-state index contributed by atoms with van der Waals surface area (Å²) in [6.07, 6.45) is 0. The van der Waals surface area contributed by atoms with E-state index >= 15 is 0 Å². The van der Waals surface area contributed by atoms with Crippen molar-refractivity contribution in [2.75, 3.05) is 17.3 Å². The van der Waals surface area contributed by atoms with E-state index in [4.69, 9.17) is 0 Å². The Labute approximate surface area is 139 Å². The van der Waals surface area contributed by atoms with Crippen molar-refractivity contribution in [3.05, 3.63) is 60.2 Å². The van der Waals surface area contributed by atoms with Crippen LogP contribution in [0.3, 0.4) is 0 Å². The minimum atomic E-state index is -0.291. The van der Waals surface area contributed by atoms with Crippen molar-refractivity contribution in [3.8, 4) is 0 Å². The highest BCUT2D eigenvalue weighted by Gasteiger charge is 2.19. The van der Waals surface area contributed by atoms with Crippen LogP contribution in [0.4, 0.5) is 11.4 Å². The van der Waals surface area contributed by atoms with Gasteiger partial charge >= 0.3 is 0 Å². The van der Waals surface area contributed by atoms with Gasteiger partial charge in [0, 0.05) is 18.4 Å². The number of nitrogens with one attached hydrogen (secondary N) is 1. The number of carbonyl (C=O) groups is 1. The predicted molar refractivity (Wildman–Crippen MR) is 98.1 cm³/mol. The smallest absolute Gasteiger partial charge is 0.248 e. The number of hydrogen-bond acceptors (Lipinski definition) is 2. The van der Waals surface area contributed by atoms with Gasteiger partial charge in [0.2, 0.25) is 5.91 Å². The number of carbonyl (C=O) groups excluding carboxylic acids is 1. The van der Waals surface area contributed by atoms with Crippen LogP contribution in [-0.2, 0) is 10.2 Å². The molecular formula is C20H26N2O. The average Bonchev–Trinajstić information content (AvgIpc) is 2.54. The second-order valence-electron chi connectivity index (χ2n) is 6.93. The van der Waals surface area contributed by atoms with E-state index in [2.05, 4.69) is 38.2 Å². The van der Waals surface area contributed by atoms with Crippen LogP contribution in [0.1, 0.15) is 33.3 Å². The highest BCUT2D eigenvalue weighted by Crippen LogP contribution is 2.24. The number of hydrogen-bond donors (Lipinski definition) is 1. The zero-order valence-electron chi connectivity index (χ0n) is 14.6. The third kappa shape index (κ3) is 4.35. The number of amides is 1. The summed E-state index contributed by atoms with van der Waals surface area (Å²) < 4.78 is 0.